The quantitative estimate of drug-likeness (QED) is 0.452. The molecular formula is C8H7BF3K. The molecule has 0 saturated heterocycles. The normalized spacial score (nSPS) is 7.31. The number of hydrogen-bond donors (Lipinski definition) is 0. The molecule has 0 unspecified atom stereocenters. The fraction of sp³-hybridized carbons (Fsp3) is 0. The standard InChI is InChI=1S/C8H7.BF3.K/c1-2-8-6-4-3-5-7-8;2-1(3)4;/h2,4-7H,1H2;;/q-1;;+1. The van der Waals surface area contributed by atoms with E-state index in [1.54, 1.807) is 0 Å². The van der Waals surface area contributed by atoms with Crippen LogP contribution in [0, 0.1) is 6.07 Å². The van der Waals surface area contributed by atoms with Crippen molar-refractivity contribution in [3.8, 4) is 0 Å². The van der Waals surface area contributed by atoms with E-state index in [9.17, 15) is 12.9 Å². The maximum absolute atomic E-state index is 9.67. The number of benzene rings is 1. The average Bonchev–Trinajstić information content (AvgIpc) is 2.05. The maximum Gasteiger partial charge on any atom is 1.00 e. The van der Waals surface area contributed by atoms with Gasteiger partial charge in [0.1, 0.15) is 0 Å². The molecule has 64 valence electrons. The van der Waals surface area contributed by atoms with E-state index in [-0.39, 0.29) is 51.4 Å². The van der Waals surface area contributed by atoms with Crippen LogP contribution in [0.15, 0.2) is 30.8 Å². The Bertz CT molecular complexity index is 213. The van der Waals surface area contributed by atoms with Crippen LogP contribution in [0.25, 0.3) is 6.08 Å². The van der Waals surface area contributed by atoms with Gasteiger partial charge >= 0.3 is 58.9 Å². The first-order valence-corrected chi connectivity index (χ1v) is 3.17. The van der Waals surface area contributed by atoms with Gasteiger partial charge in [-0.3, -0.25) is 12.9 Å². The predicted molar refractivity (Wildman–Crippen MR) is 44.4 cm³/mol. The summed E-state index contributed by atoms with van der Waals surface area (Å²) in [5.41, 5.74) is 1.14. The third-order valence-corrected chi connectivity index (χ3v) is 0.980. The first kappa shape index (κ1) is 15.9. The van der Waals surface area contributed by atoms with Crippen molar-refractivity contribution in [3.05, 3.63) is 42.5 Å². The van der Waals surface area contributed by atoms with E-state index >= 15 is 0 Å². The molecule has 0 aromatic heterocycles. The van der Waals surface area contributed by atoms with E-state index < -0.39 is 7.54 Å². The van der Waals surface area contributed by atoms with E-state index in [1.807, 2.05) is 30.3 Å². The molecule has 0 bridgehead atoms. The fourth-order valence-corrected chi connectivity index (χ4v) is 0.536. The van der Waals surface area contributed by atoms with Crippen molar-refractivity contribution in [3.63, 3.8) is 0 Å². The van der Waals surface area contributed by atoms with Crippen LogP contribution in [0.3, 0.4) is 0 Å². The Morgan fingerprint density at radius 2 is 1.62 bits per heavy atom. The molecule has 0 saturated carbocycles. The van der Waals surface area contributed by atoms with Gasteiger partial charge in [0.2, 0.25) is 0 Å². The fourth-order valence-electron chi connectivity index (χ4n) is 0.536. The van der Waals surface area contributed by atoms with Gasteiger partial charge in [-0.2, -0.15) is 30.3 Å². The zero-order chi connectivity index (χ0) is 9.40. The third kappa shape index (κ3) is 12.5. The molecule has 0 atom stereocenters. The van der Waals surface area contributed by atoms with Crippen LogP contribution in [0.5, 0.6) is 0 Å². The minimum atomic E-state index is -3.67. The third-order valence-electron chi connectivity index (χ3n) is 0.980. The van der Waals surface area contributed by atoms with Crippen molar-refractivity contribution >= 4 is 13.6 Å². The first-order chi connectivity index (χ1) is 5.66. The Balaban J connectivity index is 0. The van der Waals surface area contributed by atoms with Crippen molar-refractivity contribution in [1.82, 2.24) is 0 Å². The van der Waals surface area contributed by atoms with E-state index in [2.05, 4.69) is 12.6 Å². The molecular weight excluding hydrogens is 203 g/mol. The number of halogens is 3. The average molecular weight is 210 g/mol. The molecule has 0 heterocycles. The van der Waals surface area contributed by atoms with Crippen LogP contribution in [0.1, 0.15) is 5.56 Å². The van der Waals surface area contributed by atoms with Crippen LogP contribution >= 0.6 is 0 Å². The van der Waals surface area contributed by atoms with Crippen molar-refractivity contribution < 1.29 is 64.3 Å². The van der Waals surface area contributed by atoms with Gasteiger partial charge in [-0.15, -0.1) is 12.1 Å². The van der Waals surface area contributed by atoms with Crippen LogP contribution in [0.2, 0.25) is 0 Å². The summed E-state index contributed by atoms with van der Waals surface area (Å²) in [5.74, 6) is 0. The van der Waals surface area contributed by atoms with Gasteiger partial charge in [-0.05, 0) is 0 Å². The van der Waals surface area contributed by atoms with Gasteiger partial charge in [0.05, 0.1) is 0 Å². The minimum Gasteiger partial charge on any atom is -0.254 e. The molecule has 5 heteroatoms. The van der Waals surface area contributed by atoms with Crippen molar-refractivity contribution in [2.24, 2.45) is 0 Å². The van der Waals surface area contributed by atoms with Gasteiger partial charge in [-0.1, -0.05) is 6.08 Å². The topological polar surface area (TPSA) is 0 Å². The zero-order valence-electron chi connectivity index (χ0n) is 7.31. The molecule has 0 N–H and O–H groups in total. The van der Waals surface area contributed by atoms with Crippen LogP contribution in [0.4, 0.5) is 12.9 Å². The molecule has 0 aliphatic heterocycles. The van der Waals surface area contributed by atoms with E-state index in [1.165, 1.54) is 0 Å². The second kappa shape index (κ2) is 10.5. The van der Waals surface area contributed by atoms with Gasteiger partial charge in [0.15, 0.2) is 0 Å². The summed E-state index contributed by atoms with van der Waals surface area (Å²) in [5, 5.41) is 0. The van der Waals surface area contributed by atoms with Crippen LogP contribution in [-0.2, 0) is 0 Å². The van der Waals surface area contributed by atoms with Crippen molar-refractivity contribution in [2.45, 2.75) is 0 Å². The van der Waals surface area contributed by atoms with E-state index in [4.69, 9.17) is 0 Å². The maximum atomic E-state index is 9.67. The second-order valence-electron chi connectivity index (χ2n) is 1.78. The van der Waals surface area contributed by atoms with Crippen molar-refractivity contribution in [2.75, 3.05) is 0 Å². The SMILES string of the molecule is C=Cc1cc[c-]cc1.FB(F)F.[K+]. The zero-order valence-corrected chi connectivity index (χ0v) is 10.4. The van der Waals surface area contributed by atoms with Crippen LogP contribution in [-0.4, -0.2) is 7.54 Å². The van der Waals surface area contributed by atoms with Gasteiger partial charge in [0.25, 0.3) is 0 Å². The monoisotopic (exact) mass is 210 g/mol. The molecule has 0 aliphatic rings. The molecule has 1 aromatic carbocycles. The Morgan fingerprint density at radius 1 is 1.23 bits per heavy atom. The largest absolute Gasteiger partial charge is 1.00 e. The molecule has 13 heavy (non-hydrogen) atoms. The summed E-state index contributed by atoms with van der Waals surface area (Å²) in [6.45, 7) is 3.62. The van der Waals surface area contributed by atoms with E-state index in [0.29, 0.717) is 0 Å². The molecule has 0 spiro atoms. The molecule has 0 fully saturated rings. The van der Waals surface area contributed by atoms with Gasteiger partial charge < -0.3 is 0 Å². The Morgan fingerprint density at radius 3 is 1.85 bits per heavy atom. The summed E-state index contributed by atoms with van der Waals surface area (Å²) in [6, 6.07) is 10.6. The Labute approximate surface area is 119 Å². The summed E-state index contributed by atoms with van der Waals surface area (Å²) < 4.78 is 29.0. The molecule has 0 aliphatic carbocycles. The second-order valence-corrected chi connectivity index (χ2v) is 1.78. The smallest absolute Gasteiger partial charge is 0.254 e. The Kier molecular flexibility index (Phi) is 12.9. The molecule has 0 amide bonds. The first-order valence-electron chi connectivity index (χ1n) is 3.17. The summed E-state index contributed by atoms with van der Waals surface area (Å²) in [7, 11) is -3.67. The molecule has 1 aromatic rings. The minimum absolute atomic E-state index is 0. The predicted octanol–water partition coefficient (Wildman–Crippen LogP) is 0.0136. The van der Waals surface area contributed by atoms with Crippen LogP contribution < -0.4 is 51.4 Å². The molecule has 0 radical (unpaired) electrons. The number of hydrogen-bond acceptors (Lipinski definition) is 0. The van der Waals surface area contributed by atoms with Gasteiger partial charge in [0, 0.05) is 0 Å². The number of rotatable bonds is 1. The molecule has 1 rings (SSSR count). The van der Waals surface area contributed by atoms with E-state index in [0.717, 1.165) is 5.56 Å². The Hall–Kier alpha value is 0.451. The van der Waals surface area contributed by atoms with Gasteiger partial charge in [-0.25, -0.2) is 0 Å². The summed E-state index contributed by atoms with van der Waals surface area (Å²) in [6.07, 6.45) is 1.81. The summed E-state index contributed by atoms with van der Waals surface area (Å²) in [4.78, 5) is 0. The summed E-state index contributed by atoms with van der Waals surface area (Å²) >= 11 is 0. The molecule has 0 nitrogen and oxygen atoms in total. The van der Waals surface area contributed by atoms with Crippen molar-refractivity contribution in [1.29, 1.82) is 0 Å².